The molecule has 0 saturated carbocycles. The van der Waals surface area contributed by atoms with Gasteiger partial charge in [-0.2, -0.15) is 0 Å². The Balaban J connectivity index is 2.30. The highest BCUT2D eigenvalue weighted by Gasteiger charge is 2.17. The van der Waals surface area contributed by atoms with Gasteiger partial charge in [0.05, 0.1) is 7.11 Å². The molecule has 6 nitrogen and oxygen atoms in total. The molecule has 0 atom stereocenters. The fourth-order valence-corrected chi connectivity index (χ4v) is 2.83. The van der Waals surface area contributed by atoms with Gasteiger partial charge in [0.15, 0.2) is 5.13 Å². The highest BCUT2D eigenvalue weighted by Crippen LogP contribution is 2.36. The quantitative estimate of drug-likeness (QED) is 0.867. The molecule has 2 aromatic rings. The molecule has 0 fully saturated rings. The summed E-state index contributed by atoms with van der Waals surface area (Å²) in [6, 6.07) is 9.48. The highest BCUT2D eigenvalue weighted by molar-refractivity contribution is 7.20. The number of hydrogen-bond acceptors (Lipinski definition) is 5. The molecule has 7 heteroatoms. The van der Waals surface area contributed by atoms with Gasteiger partial charge in [-0.25, -0.2) is 9.78 Å². The second-order valence-corrected chi connectivity index (χ2v) is 6.32. The topological polar surface area (TPSA) is 80.3 Å². The van der Waals surface area contributed by atoms with E-state index < -0.39 is 6.09 Å². The molecule has 1 aromatic heterocycles. The van der Waals surface area contributed by atoms with Gasteiger partial charge in [0, 0.05) is 12.0 Å². The van der Waals surface area contributed by atoms with Crippen LogP contribution in [0.15, 0.2) is 30.3 Å². The van der Waals surface area contributed by atoms with E-state index in [2.05, 4.69) is 20.4 Å². The van der Waals surface area contributed by atoms with Crippen LogP contribution in [0, 0.1) is 5.92 Å². The summed E-state index contributed by atoms with van der Waals surface area (Å²) in [7, 11) is 1.28. The molecule has 0 aliphatic rings. The van der Waals surface area contributed by atoms with Crippen LogP contribution in [0.2, 0.25) is 0 Å². The summed E-state index contributed by atoms with van der Waals surface area (Å²) in [5, 5.41) is 6.38. The number of methoxy groups -OCH3 is 1. The molecule has 2 amide bonds. The van der Waals surface area contributed by atoms with Crippen molar-refractivity contribution >= 4 is 33.5 Å². The van der Waals surface area contributed by atoms with E-state index in [0.29, 0.717) is 22.2 Å². The Labute approximate surface area is 138 Å². The van der Waals surface area contributed by atoms with Crippen LogP contribution in [0.25, 0.3) is 11.3 Å². The van der Waals surface area contributed by atoms with E-state index in [-0.39, 0.29) is 11.8 Å². The summed E-state index contributed by atoms with van der Waals surface area (Å²) in [5.74, 6) is 0.182. The first-order valence-corrected chi connectivity index (χ1v) is 8.02. The second kappa shape index (κ2) is 7.73. The zero-order valence-corrected chi connectivity index (χ0v) is 14.1. The molecule has 0 saturated heterocycles. The molecule has 0 radical (unpaired) electrons. The summed E-state index contributed by atoms with van der Waals surface area (Å²) in [4.78, 5) is 27.8. The normalized spacial score (nSPS) is 10.4. The SMILES string of the molecule is COC(=O)Nc1nc(-c2ccccc2)c(NC(=O)CC(C)C)s1. The maximum Gasteiger partial charge on any atom is 0.413 e. The smallest absolute Gasteiger partial charge is 0.413 e. The van der Waals surface area contributed by atoms with E-state index in [1.165, 1.54) is 18.4 Å². The van der Waals surface area contributed by atoms with Crippen LogP contribution in [-0.2, 0) is 9.53 Å². The summed E-state index contributed by atoms with van der Waals surface area (Å²) in [6.07, 6.45) is -0.176. The fourth-order valence-electron chi connectivity index (χ4n) is 1.94. The number of ether oxygens (including phenoxy) is 1. The maximum absolute atomic E-state index is 12.0. The van der Waals surface area contributed by atoms with Crippen LogP contribution >= 0.6 is 11.3 Å². The minimum atomic E-state index is -0.599. The third-order valence-corrected chi connectivity index (χ3v) is 3.80. The number of amides is 2. The molecule has 122 valence electrons. The Kier molecular flexibility index (Phi) is 5.70. The van der Waals surface area contributed by atoms with Crippen molar-refractivity contribution in [1.82, 2.24) is 4.98 Å². The molecule has 0 bridgehead atoms. The van der Waals surface area contributed by atoms with E-state index in [0.717, 1.165) is 5.56 Å². The van der Waals surface area contributed by atoms with Crippen molar-refractivity contribution in [3.63, 3.8) is 0 Å². The Bertz CT molecular complexity index is 683. The van der Waals surface area contributed by atoms with E-state index in [1.54, 1.807) is 0 Å². The number of aromatic nitrogens is 1. The average Bonchev–Trinajstić information content (AvgIpc) is 2.89. The number of benzene rings is 1. The van der Waals surface area contributed by atoms with Crippen LogP contribution in [0.1, 0.15) is 20.3 Å². The van der Waals surface area contributed by atoms with Crippen LogP contribution in [0.3, 0.4) is 0 Å². The number of hydrogen-bond donors (Lipinski definition) is 2. The molecule has 23 heavy (non-hydrogen) atoms. The molecule has 0 unspecified atom stereocenters. The summed E-state index contributed by atoms with van der Waals surface area (Å²) >= 11 is 1.20. The zero-order valence-electron chi connectivity index (χ0n) is 13.3. The minimum Gasteiger partial charge on any atom is -0.453 e. The van der Waals surface area contributed by atoms with Crippen molar-refractivity contribution in [3.05, 3.63) is 30.3 Å². The number of anilines is 2. The van der Waals surface area contributed by atoms with Gasteiger partial charge in [0.25, 0.3) is 0 Å². The van der Waals surface area contributed by atoms with Gasteiger partial charge in [-0.1, -0.05) is 55.5 Å². The minimum absolute atomic E-state index is 0.0783. The van der Waals surface area contributed by atoms with Crippen molar-refractivity contribution in [3.8, 4) is 11.3 Å². The summed E-state index contributed by atoms with van der Waals surface area (Å²) < 4.78 is 4.57. The van der Waals surface area contributed by atoms with E-state index in [1.807, 2.05) is 44.2 Å². The molecular weight excluding hydrogens is 314 g/mol. The number of carbonyl (C=O) groups excluding carboxylic acids is 2. The fraction of sp³-hybridized carbons (Fsp3) is 0.312. The first kappa shape index (κ1) is 17.0. The monoisotopic (exact) mass is 333 g/mol. The van der Waals surface area contributed by atoms with Gasteiger partial charge in [0.1, 0.15) is 10.7 Å². The lowest BCUT2D eigenvalue weighted by molar-refractivity contribution is -0.116. The Morgan fingerprint density at radius 1 is 1.22 bits per heavy atom. The van der Waals surface area contributed by atoms with Crippen molar-refractivity contribution < 1.29 is 14.3 Å². The van der Waals surface area contributed by atoms with Crippen LogP contribution in [0.5, 0.6) is 0 Å². The summed E-state index contributed by atoms with van der Waals surface area (Å²) in [6.45, 7) is 3.96. The maximum atomic E-state index is 12.0. The molecule has 0 aliphatic carbocycles. The van der Waals surface area contributed by atoms with Crippen molar-refractivity contribution in [1.29, 1.82) is 0 Å². The standard InChI is InChI=1S/C16H19N3O3S/c1-10(2)9-12(20)17-14-13(11-7-5-4-6-8-11)18-15(23-14)19-16(21)22-3/h4-8,10H,9H2,1-3H3,(H,17,20)(H,18,19,21). The van der Waals surface area contributed by atoms with Gasteiger partial charge in [0.2, 0.25) is 5.91 Å². The number of nitrogens with one attached hydrogen (secondary N) is 2. The summed E-state index contributed by atoms with van der Waals surface area (Å²) in [5.41, 5.74) is 1.49. The lowest BCUT2D eigenvalue weighted by Gasteiger charge is -2.06. The lowest BCUT2D eigenvalue weighted by Crippen LogP contribution is -2.13. The molecule has 2 rings (SSSR count). The number of nitrogens with zero attached hydrogens (tertiary/aromatic N) is 1. The molecule has 1 aromatic carbocycles. The molecule has 0 spiro atoms. The van der Waals surface area contributed by atoms with Gasteiger partial charge in [-0.3, -0.25) is 10.1 Å². The van der Waals surface area contributed by atoms with Crippen LogP contribution in [-0.4, -0.2) is 24.1 Å². The number of carbonyl (C=O) groups is 2. The van der Waals surface area contributed by atoms with Gasteiger partial charge in [-0.05, 0) is 5.92 Å². The van der Waals surface area contributed by atoms with E-state index in [9.17, 15) is 9.59 Å². The second-order valence-electron chi connectivity index (χ2n) is 5.33. The first-order valence-electron chi connectivity index (χ1n) is 7.20. The largest absolute Gasteiger partial charge is 0.453 e. The van der Waals surface area contributed by atoms with Crippen molar-refractivity contribution in [2.75, 3.05) is 17.7 Å². The van der Waals surface area contributed by atoms with Gasteiger partial charge < -0.3 is 10.1 Å². The van der Waals surface area contributed by atoms with Gasteiger partial charge in [-0.15, -0.1) is 0 Å². The molecule has 1 heterocycles. The zero-order chi connectivity index (χ0) is 16.8. The number of thiazole rings is 1. The average molecular weight is 333 g/mol. The highest BCUT2D eigenvalue weighted by atomic mass is 32.1. The Morgan fingerprint density at radius 3 is 2.52 bits per heavy atom. The number of rotatable bonds is 5. The third kappa shape index (κ3) is 4.79. The molecular formula is C16H19N3O3S. The van der Waals surface area contributed by atoms with Crippen LogP contribution < -0.4 is 10.6 Å². The van der Waals surface area contributed by atoms with E-state index >= 15 is 0 Å². The first-order chi connectivity index (χ1) is 11.0. The van der Waals surface area contributed by atoms with Crippen molar-refractivity contribution in [2.24, 2.45) is 5.92 Å². The molecule has 2 N–H and O–H groups in total. The van der Waals surface area contributed by atoms with Crippen LogP contribution in [0.4, 0.5) is 14.9 Å². The van der Waals surface area contributed by atoms with E-state index in [4.69, 9.17) is 0 Å². The lowest BCUT2D eigenvalue weighted by atomic mass is 10.1. The predicted octanol–water partition coefficient (Wildman–Crippen LogP) is 3.97. The van der Waals surface area contributed by atoms with Gasteiger partial charge >= 0.3 is 6.09 Å². The Hall–Kier alpha value is -2.41. The Morgan fingerprint density at radius 2 is 1.91 bits per heavy atom. The third-order valence-electron chi connectivity index (χ3n) is 2.92. The predicted molar refractivity (Wildman–Crippen MR) is 91.7 cm³/mol. The molecule has 0 aliphatic heterocycles. The van der Waals surface area contributed by atoms with Crippen molar-refractivity contribution in [2.45, 2.75) is 20.3 Å².